The Kier molecular flexibility index (Phi) is 5.33. The van der Waals surface area contributed by atoms with Gasteiger partial charge in [-0.15, -0.1) is 0 Å². The molecule has 0 bridgehead atoms. The first-order chi connectivity index (χ1) is 10.1. The Hall–Kier alpha value is -1.88. The van der Waals surface area contributed by atoms with Crippen LogP contribution in [0.2, 0.25) is 0 Å². The van der Waals surface area contributed by atoms with Gasteiger partial charge in [0, 0.05) is 23.4 Å². The molecule has 1 amide bonds. The number of nitrogens with one attached hydrogen (secondary N) is 2. The summed E-state index contributed by atoms with van der Waals surface area (Å²) in [6.45, 7) is 5.10. The van der Waals surface area contributed by atoms with E-state index in [4.69, 9.17) is 0 Å². The normalized spacial score (nSPS) is 10.5. The molecule has 0 saturated heterocycles. The third kappa shape index (κ3) is 4.56. The van der Waals surface area contributed by atoms with E-state index in [0.29, 0.717) is 11.5 Å². The molecule has 0 aliphatic heterocycles. The first kappa shape index (κ1) is 15.5. The van der Waals surface area contributed by atoms with Crippen molar-refractivity contribution in [2.24, 2.45) is 5.92 Å². The second-order valence-electron chi connectivity index (χ2n) is 5.17. The van der Waals surface area contributed by atoms with Crippen molar-refractivity contribution >= 4 is 33.2 Å². The van der Waals surface area contributed by atoms with Crippen LogP contribution >= 0.6 is 15.9 Å². The Morgan fingerprint density at radius 1 is 1.29 bits per heavy atom. The maximum atomic E-state index is 12.3. The molecule has 0 radical (unpaired) electrons. The van der Waals surface area contributed by atoms with Gasteiger partial charge in [0.15, 0.2) is 0 Å². The van der Waals surface area contributed by atoms with Gasteiger partial charge in [0.2, 0.25) is 0 Å². The second-order valence-corrected chi connectivity index (χ2v) is 6.03. The first-order valence-electron chi connectivity index (χ1n) is 6.81. The van der Waals surface area contributed by atoms with Gasteiger partial charge in [-0.3, -0.25) is 9.78 Å². The van der Waals surface area contributed by atoms with Crippen LogP contribution in [0, 0.1) is 5.92 Å². The zero-order valence-electron chi connectivity index (χ0n) is 12.1. The minimum absolute atomic E-state index is 0.178. The van der Waals surface area contributed by atoms with Crippen LogP contribution in [0.4, 0.5) is 11.4 Å². The van der Waals surface area contributed by atoms with Gasteiger partial charge in [-0.25, -0.2) is 0 Å². The van der Waals surface area contributed by atoms with E-state index in [0.717, 1.165) is 22.4 Å². The van der Waals surface area contributed by atoms with E-state index in [1.807, 2.05) is 30.3 Å². The number of rotatable bonds is 5. The molecule has 0 spiro atoms. The zero-order valence-corrected chi connectivity index (χ0v) is 13.6. The van der Waals surface area contributed by atoms with Gasteiger partial charge in [0.1, 0.15) is 0 Å². The van der Waals surface area contributed by atoms with Crippen LogP contribution in [0.15, 0.2) is 47.2 Å². The predicted molar refractivity (Wildman–Crippen MR) is 89.7 cm³/mol. The lowest BCUT2D eigenvalue weighted by Crippen LogP contribution is -2.14. The number of halogens is 1. The van der Waals surface area contributed by atoms with Crippen molar-refractivity contribution in [1.29, 1.82) is 0 Å². The summed E-state index contributed by atoms with van der Waals surface area (Å²) in [6.07, 6.45) is 3.28. The number of anilines is 2. The Morgan fingerprint density at radius 2 is 2.05 bits per heavy atom. The summed E-state index contributed by atoms with van der Waals surface area (Å²) in [5.41, 5.74) is 2.12. The largest absolute Gasteiger partial charge is 0.384 e. The van der Waals surface area contributed by atoms with E-state index in [2.05, 4.69) is 45.4 Å². The van der Waals surface area contributed by atoms with E-state index in [1.165, 1.54) is 0 Å². The monoisotopic (exact) mass is 347 g/mol. The highest BCUT2D eigenvalue weighted by molar-refractivity contribution is 9.10. The van der Waals surface area contributed by atoms with Gasteiger partial charge < -0.3 is 10.6 Å². The standard InChI is InChI=1S/C16H18BrN3O/c1-11(2)8-19-13-7-12(9-18-10-13)16(21)20-15-6-4-3-5-14(15)17/h3-7,9-11,19H,8H2,1-2H3,(H,20,21). The molecule has 2 rings (SSSR count). The van der Waals surface area contributed by atoms with Crippen LogP contribution in [0.25, 0.3) is 0 Å². The van der Waals surface area contributed by atoms with E-state index < -0.39 is 0 Å². The third-order valence-electron chi connectivity index (χ3n) is 2.84. The molecule has 1 heterocycles. The van der Waals surface area contributed by atoms with Gasteiger partial charge in [0.05, 0.1) is 16.9 Å². The van der Waals surface area contributed by atoms with E-state index in [9.17, 15) is 4.79 Å². The van der Waals surface area contributed by atoms with Crippen LogP contribution in [0.3, 0.4) is 0 Å². The molecule has 0 aliphatic rings. The first-order valence-corrected chi connectivity index (χ1v) is 7.60. The van der Waals surface area contributed by atoms with E-state index in [1.54, 1.807) is 12.4 Å². The van der Waals surface area contributed by atoms with Crippen LogP contribution in [-0.4, -0.2) is 17.4 Å². The maximum Gasteiger partial charge on any atom is 0.257 e. The van der Waals surface area contributed by atoms with Crippen molar-refractivity contribution in [3.8, 4) is 0 Å². The fourth-order valence-corrected chi connectivity index (χ4v) is 2.12. The van der Waals surface area contributed by atoms with Gasteiger partial charge in [0.25, 0.3) is 5.91 Å². The Bertz CT molecular complexity index is 628. The molecule has 0 unspecified atom stereocenters. The van der Waals surface area contributed by atoms with Gasteiger partial charge in [-0.1, -0.05) is 26.0 Å². The van der Waals surface area contributed by atoms with Crippen molar-refractivity contribution < 1.29 is 4.79 Å². The summed E-state index contributed by atoms with van der Waals surface area (Å²) in [6, 6.07) is 9.31. The minimum Gasteiger partial charge on any atom is -0.384 e. The zero-order chi connectivity index (χ0) is 15.2. The average molecular weight is 348 g/mol. The number of benzene rings is 1. The van der Waals surface area contributed by atoms with Crippen LogP contribution in [0.5, 0.6) is 0 Å². The molecule has 5 heteroatoms. The number of carbonyl (C=O) groups excluding carboxylic acids is 1. The summed E-state index contributed by atoms with van der Waals surface area (Å²) in [5.74, 6) is 0.352. The summed E-state index contributed by atoms with van der Waals surface area (Å²) < 4.78 is 0.848. The van der Waals surface area contributed by atoms with Crippen LogP contribution in [0.1, 0.15) is 24.2 Å². The summed E-state index contributed by atoms with van der Waals surface area (Å²) in [4.78, 5) is 16.4. The molecule has 2 aromatic rings. The van der Waals surface area contributed by atoms with Crippen molar-refractivity contribution in [1.82, 2.24) is 4.98 Å². The number of aromatic nitrogens is 1. The highest BCUT2D eigenvalue weighted by atomic mass is 79.9. The molecule has 0 atom stereocenters. The van der Waals surface area contributed by atoms with Crippen molar-refractivity contribution in [2.45, 2.75) is 13.8 Å². The highest BCUT2D eigenvalue weighted by Gasteiger charge is 2.09. The quantitative estimate of drug-likeness (QED) is 0.853. The second kappa shape index (κ2) is 7.22. The molecular weight excluding hydrogens is 330 g/mol. The predicted octanol–water partition coefficient (Wildman–Crippen LogP) is 4.16. The smallest absolute Gasteiger partial charge is 0.257 e. The minimum atomic E-state index is -0.178. The van der Waals surface area contributed by atoms with Gasteiger partial charge >= 0.3 is 0 Å². The van der Waals surface area contributed by atoms with Crippen molar-refractivity contribution in [3.63, 3.8) is 0 Å². The fourth-order valence-electron chi connectivity index (χ4n) is 1.74. The summed E-state index contributed by atoms with van der Waals surface area (Å²) in [7, 11) is 0. The number of nitrogens with zero attached hydrogens (tertiary/aromatic N) is 1. The molecule has 0 aliphatic carbocycles. The lowest BCUT2D eigenvalue weighted by molar-refractivity contribution is 0.102. The maximum absolute atomic E-state index is 12.3. The van der Waals surface area contributed by atoms with Gasteiger partial charge in [-0.05, 0) is 40.0 Å². The molecule has 1 aromatic heterocycles. The molecule has 1 aromatic carbocycles. The SMILES string of the molecule is CC(C)CNc1cncc(C(=O)Nc2ccccc2Br)c1. The lowest BCUT2D eigenvalue weighted by Gasteiger charge is -2.10. The topological polar surface area (TPSA) is 54.0 Å². The molecule has 21 heavy (non-hydrogen) atoms. The lowest BCUT2D eigenvalue weighted by atomic mass is 10.2. The van der Waals surface area contributed by atoms with Gasteiger partial charge in [-0.2, -0.15) is 0 Å². The number of para-hydroxylation sites is 1. The molecule has 4 nitrogen and oxygen atoms in total. The molecular formula is C16H18BrN3O. The number of pyridine rings is 1. The number of hydrogen-bond donors (Lipinski definition) is 2. The van der Waals surface area contributed by atoms with Crippen molar-refractivity contribution in [3.05, 3.63) is 52.8 Å². The number of carbonyl (C=O) groups is 1. The summed E-state index contributed by atoms with van der Waals surface area (Å²) >= 11 is 3.41. The average Bonchev–Trinajstić information content (AvgIpc) is 2.48. The third-order valence-corrected chi connectivity index (χ3v) is 3.53. The highest BCUT2D eigenvalue weighted by Crippen LogP contribution is 2.22. The Balaban J connectivity index is 2.09. The van der Waals surface area contributed by atoms with Crippen LogP contribution < -0.4 is 10.6 Å². The number of amides is 1. The molecule has 0 saturated carbocycles. The van der Waals surface area contributed by atoms with E-state index >= 15 is 0 Å². The van der Waals surface area contributed by atoms with E-state index in [-0.39, 0.29) is 5.91 Å². The fraction of sp³-hybridized carbons (Fsp3) is 0.250. The Labute approximate surface area is 133 Å². The molecule has 2 N–H and O–H groups in total. The number of hydrogen-bond acceptors (Lipinski definition) is 3. The molecule has 0 fully saturated rings. The summed E-state index contributed by atoms with van der Waals surface area (Å²) in [5, 5.41) is 6.13. The van der Waals surface area contributed by atoms with Crippen molar-refractivity contribution in [2.75, 3.05) is 17.2 Å². The molecule has 110 valence electrons. The van der Waals surface area contributed by atoms with Crippen LogP contribution in [-0.2, 0) is 0 Å². The Morgan fingerprint density at radius 3 is 2.76 bits per heavy atom.